The van der Waals surface area contributed by atoms with E-state index < -0.39 is 0 Å². The minimum absolute atomic E-state index is 0.159. The Balaban J connectivity index is 2.11. The zero-order valence-corrected chi connectivity index (χ0v) is 11.0. The van der Waals surface area contributed by atoms with E-state index in [1.54, 1.807) is 6.20 Å². The molecule has 0 fully saturated rings. The zero-order chi connectivity index (χ0) is 12.5. The molecule has 0 radical (unpaired) electrons. The number of imidazole rings is 1. The standard InChI is InChI=1S/C13H20N4/c1-13(2,3)15-8-6-12-16-10-5-7-14-9-11(10)17(12)4/h5,7,9,15H,6,8H2,1-4H3. The molecule has 1 N–H and O–H groups in total. The highest BCUT2D eigenvalue weighted by molar-refractivity contribution is 5.74. The molecule has 0 atom stereocenters. The van der Waals surface area contributed by atoms with Gasteiger partial charge in [0, 0.05) is 31.7 Å². The van der Waals surface area contributed by atoms with Crippen LogP contribution in [0.2, 0.25) is 0 Å². The van der Waals surface area contributed by atoms with E-state index in [0.717, 1.165) is 29.8 Å². The summed E-state index contributed by atoms with van der Waals surface area (Å²) in [7, 11) is 2.05. The van der Waals surface area contributed by atoms with Gasteiger partial charge in [-0.2, -0.15) is 0 Å². The van der Waals surface area contributed by atoms with E-state index in [9.17, 15) is 0 Å². The quantitative estimate of drug-likeness (QED) is 0.879. The van der Waals surface area contributed by atoms with E-state index >= 15 is 0 Å². The number of hydrogen-bond acceptors (Lipinski definition) is 3. The van der Waals surface area contributed by atoms with Crippen molar-refractivity contribution in [3.63, 3.8) is 0 Å². The lowest BCUT2D eigenvalue weighted by Gasteiger charge is -2.20. The second kappa shape index (κ2) is 4.45. The summed E-state index contributed by atoms with van der Waals surface area (Å²) in [5.41, 5.74) is 2.28. The topological polar surface area (TPSA) is 42.7 Å². The number of fused-ring (bicyclic) bond motifs is 1. The van der Waals surface area contributed by atoms with E-state index in [-0.39, 0.29) is 5.54 Å². The van der Waals surface area contributed by atoms with Crippen LogP contribution in [0.1, 0.15) is 26.6 Å². The molecule has 2 aromatic heterocycles. The van der Waals surface area contributed by atoms with Crippen LogP contribution in [0, 0.1) is 0 Å². The summed E-state index contributed by atoms with van der Waals surface area (Å²) in [5, 5.41) is 3.47. The summed E-state index contributed by atoms with van der Waals surface area (Å²) in [6.45, 7) is 7.46. The lowest BCUT2D eigenvalue weighted by Crippen LogP contribution is -2.37. The van der Waals surface area contributed by atoms with Crippen LogP contribution in [0.15, 0.2) is 18.5 Å². The van der Waals surface area contributed by atoms with Gasteiger partial charge in [-0.25, -0.2) is 4.98 Å². The Hall–Kier alpha value is -1.42. The fourth-order valence-electron chi connectivity index (χ4n) is 1.86. The highest BCUT2D eigenvalue weighted by atomic mass is 15.1. The molecule has 0 amide bonds. The molecule has 0 aliphatic rings. The SMILES string of the molecule is Cn1c(CCNC(C)(C)C)nc2ccncc21. The second-order valence-electron chi connectivity index (χ2n) is 5.38. The van der Waals surface area contributed by atoms with Gasteiger partial charge in [-0.1, -0.05) is 0 Å². The zero-order valence-electron chi connectivity index (χ0n) is 11.0. The van der Waals surface area contributed by atoms with E-state index in [0.29, 0.717) is 0 Å². The maximum atomic E-state index is 4.61. The molecule has 4 heteroatoms. The van der Waals surface area contributed by atoms with Crippen LogP contribution in [0.25, 0.3) is 11.0 Å². The Morgan fingerprint density at radius 3 is 2.76 bits per heavy atom. The van der Waals surface area contributed by atoms with Crippen molar-refractivity contribution in [2.24, 2.45) is 7.05 Å². The Bertz CT molecular complexity index is 508. The van der Waals surface area contributed by atoms with Gasteiger partial charge in [-0.05, 0) is 26.8 Å². The number of rotatable bonds is 3. The predicted octanol–water partition coefficient (Wildman–Crippen LogP) is 1.90. The first kappa shape index (κ1) is 12.0. The Morgan fingerprint density at radius 1 is 1.35 bits per heavy atom. The summed E-state index contributed by atoms with van der Waals surface area (Å²) in [5.74, 6) is 1.10. The van der Waals surface area contributed by atoms with Crippen molar-refractivity contribution < 1.29 is 0 Å². The van der Waals surface area contributed by atoms with Crippen molar-refractivity contribution in [2.45, 2.75) is 32.7 Å². The van der Waals surface area contributed by atoms with Gasteiger partial charge in [0.15, 0.2) is 0 Å². The third-order valence-corrected chi connectivity index (χ3v) is 2.78. The van der Waals surface area contributed by atoms with Gasteiger partial charge in [-0.15, -0.1) is 0 Å². The van der Waals surface area contributed by atoms with Crippen molar-refractivity contribution in [2.75, 3.05) is 6.54 Å². The number of nitrogens with zero attached hydrogens (tertiary/aromatic N) is 3. The molecule has 0 bridgehead atoms. The molecule has 4 nitrogen and oxygen atoms in total. The average Bonchev–Trinajstić information content (AvgIpc) is 2.55. The molecule has 92 valence electrons. The van der Waals surface area contributed by atoms with Crippen LogP contribution in [0.5, 0.6) is 0 Å². The van der Waals surface area contributed by atoms with Crippen LogP contribution in [0.4, 0.5) is 0 Å². The van der Waals surface area contributed by atoms with Crippen molar-refractivity contribution in [1.29, 1.82) is 0 Å². The molecular formula is C13H20N4. The van der Waals surface area contributed by atoms with Crippen LogP contribution < -0.4 is 5.32 Å². The Morgan fingerprint density at radius 2 is 2.12 bits per heavy atom. The smallest absolute Gasteiger partial charge is 0.110 e. The monoisotopic (exact) mass is 232 g/mol. The summed E-state index contributed by atoms with van der Waals surface area (Å²) in [4.78, 5) is 8.74. The normalized spacial score (nSPS) is 12.2. The molecule has 0 aromatic carbocycles. The van der Waals surface area contributed by atoms with E-state index in [4.69, 9.17) is 0 Å². The molecule has 0 unspecified atom stereocenters. The van der Waals surface area contributed by atoms with Crippen LogP contribution in [-0.2, 0) is 13.5 Å². The summed E-state index contributed by atoms with van der Waals surface area (Å²) >= 11 is 0. The lowest BCUT2D eigenvalue weighted by atomic mass is 10.1. The number of pyridine rings is 1. The molecule has 17 heavy (non-hydrogen) atoms. The van der Waals surface area contributed by atoms with Gasteiger partial charge in [0.2, 0.25) is 0 Å². The lowest BCUT2D eigenvalue weighted by molar-refractivity contribution is 0.426. The van der Waals surface area contributed by atoms with Crippen molar-refractivity contribution in [3.8, 4) is 0 Å². The van der Waals surface area contributed by atoms with E-state index in [2.05, 4.69) is 40.6 Å². The third-order valence-electron chi connectivity index (χ3n) is 2.78. The highest BCUT2D eigenvalue weighted by Crippen LogP contribution is 2.13. The number of aromatic nitrogens is 3. The molecule has 2 heterocycles. The molecule has 0 saturated carbocycles. The van der Waals surface area contributed by atoms with Gasteiger partial charge >= 0.3 is 0 Å². The minimum atomic E-state index is 0.159. The summed E-state index contributed by atoms with van der Waals surface area (Å²) in [6, 6.07) is 1.95. The molecular weight excluding hydrogens is 212 g/mol. The van der Waals surface area contributed by atoms with Gasteiger partial charge < -0.3 is 9.88 Å². The van der Waals surface area contributed by atoms with Gasteiger partial charge in [0.1, 0.15) is 5.82 Å². The minimum Gasteiger partial charge on any atom is -0.330 e. The number of aryl methyl sites for hydroxylation is 1. The average molecular weight is 232 g/mol. The Kier molecular flexibility index (Phi) is 3.15. The molecule has 0 aliphatic carbocycles. The predicted molar refractivity (Wildman–Crippen MR) is 70.0 cm³/mol. The number of hydrogen-bond donors (Lipinski definition) is 1. The Labute approximate surface area is 102 Å². The first-order chi connectivity index (χ1) is 7.97. The van der Waals surface area contributed by atoms with Crippen LogP contribution in [0.3, 0.4) is 0 Å². The molecule has 2 rings (SSSR count). The maximum Gasteiger partial charge on any atom is 0.110 e. The number of nitrogens with one attached hydrogen (secondary N) is 1. The van der Waals surface area contributed by atoms with E-state index in [1.807, 2.05) is 19.3 Å². The molecule has 0 spiro atoms. The van der Waals surface area contributed by atoms with Gasteiger partial charge in [0.05, 0.1) is 17.2 Å². The summed E-state index contributed by atoms with van der Waals surface area (Å²) < 4.78 is 2.12. The molecule has 0 saturated heterocycles. The fraction of sp³-hybridized carbons (Fsp3) is 0.538. The molecule has 0 aliphatic heterocycles. The first-order valence-corrected chi connectivity index (χ1v) is 5.98. The van der Waals surface area contributed by atoms with Gasteiger partial charge in [0.25, 0.3) is 0 Å². The van der Waals surface area contributed by atoms with E-state index in [1.165, 1.54) is 0 Å². The van der Waals surface area contributed by atoms with Crippen LogP contribution in [-0.4, -0.2) is 26.6 Å². The highest BCUT2D eigenvalue weighted by Gasteiger charge is 2.10. The van der Waals surface area contributed by atoms with Crippen molar-refractivity contribution in [1.82, 2.24) is 19.9 Å². The van der Waals surface area contributed by atoms with Crippen molar-refractivity contribution >= 4 is 11.0 Å². The van der Waals surface area contributed by atoms with Crippen LogP contribution >= 0.6 is 0 Å². The van der Waals surface area contributed by atoms with Gasteiger partial charge in [-0.3, -0.25) is 4.98 Å². The van der Waals surface area contributed by atoms with Crippen molar-refractivity contribution in [3.05, 3.63) is 24.3 Å². The maximum absolute atomic E-state index is 4.61. The fourth-order valence-corrected chi connectivity index (χ4v) is 1.86. The third kappa shape index (κ3) is 2.82. The second-order valence-corrected chi connectivity index (χ2v) is 5.38. The summed E-state index contributed by atoms with van der Waals surface area (Å²) in [6.07, 6.45) is 4.58. The molecule has 2 aromatic rings. The first-order valence-electron chi connectivity index (χ1n) is 5.98. The largest absolute Gasteiger partial charge is 0.330 e.